The van der Waals surface area contributed by atoms with E-state index in [1.165, 1.54) is 33.4 Å². The van der Waals surface area contributed by atoms with Gasteiger partial charge in [-0.25, -0.2) is 4.98 Å². The Bertz CT molecular complexity index is 2940. The predicted molar refractivity (Wildman–Crippen MR) is 250 cm³/mol. The Morgan fingerprint density at radius 1 is 0.533 bits per heavy atom. The zero-order valence-electron chi connectivity index (χ0n) is 36.6. The topological polar surface area (TPSA) is 50.9 Å². The van der Waals surface area contributed by atoms with E-state index in [1.807, 2.05) is 6.07 Å². The van der Waals surface area contributed by atoms with Crippen LogP contribution < -0.4 is 0 Å². The molecule has 0 unspecified atom stereocenters. The van der Waals surface area contributed by atoms with E-state index >= 15 is 0 Å². The Morgan fingerprint density at radius 2 is 1.18 bits per heavy atom. The summed E-state index contributed by atoms with van der Waals surface area (Å²) < 4.78 is 2.22. The summed E-state index contributed by atoms with van der Waals surface area (Å²) in [7, 11) is 0. The van der Waals surface area contributed by atoms with Gasteiger partial charge in [0.05, 0.1) is 22.3 Å². The average molecular weight is 786 g/mol. The van der Waals surface area contributed by atoms with Crippen molar-refractivity contribution in [2.24, 2.45) is 0 Å². The minimum absolute atomic E-state index is 0.150. The van der Waals surface area contributed by atoms with Gasteiger partial charge in [0.2, 0.25) is 0 Å². The highest BCUT2D eigenvalue weighted by Gasteiger charge is 2.36. The molecule has 0 aliphatic heterocycles. The highest BCUT2D eigenvalue weighted by Crippen LogP contribution is 2.50. The monoisotopic (exact) mass is 785 g/mol. The lowest BCUT2D eigenvalue weighted by Gasteiger charge is -2.28. The number of hydrogen-bond acceptors (Lipinski definition) is 3. The van der Waals surface area contributed by atoms with Crippen molar-refractivity contribution in [2.75, 3.05) is 0 Å². The van der Waals surface area contributed by atoms with Crippen molar-refractivity contribution in [1.29, 1.82) is 0 Å². The van der Waals surface area contributed by atoms with Crippen molar-refractivity contribution in [2.45, 2.75) is 90.9 Å². The van der Waals surface area contributed by atoms with Crippen LogP contribution in [0.5, 0.6) is 5.75 Å². The molecule has 8 aromatic rings. The van der Waals surface area contributed by atoms with E-state index in [-0.39, 0.29) is 27.4 Å². The molecule has 1 aliphatic rings. The van der Waals surface area contributed by atoms with Gasteiger partial charge in [-0.1, -0.05) is 166 Å². The van der Waals surface area contributed by atoms with E-state index < -0.39 is 0 Å². The molecular formula is C56H55N3O. The maximum Gasteiger partial charge on any atom is 0.149 e. The van der Waals surface area contributed by atoms with Crippen LogP contribution >= 0.6 is 0 Å². The molecule has 0 amide bonds. The molecule has 4 heteroatoms. The lowest BCUT2D eigenvalue weighted by Crippen LogP contribution is -2.19. The number of pyridine rings is 1. The van der Waals surface area contributed by atoms with Crippen LogP contribution in [-0.4, -0.2) is 19.6 Å². The van der Waals surface area contributed by atoms with Gasteiger partial charge < -0.3 is 5.11 Å². The summed E-state index contributed by atoms with van der Waals surface area (Å²) in [5.74, 6) is 0.979. The number of para-hydroxylation sites is 2. The lowest BCUT2D eigenvalue weighted by molar-refractivity contribution is 0.446. The number of phenols is 1. The maximum absolute atomic E-state index is 12.2. The molecule has 0 fully saturated rings. The quantitative estimate of drug-likeness (QED) is 0.183. The van der Waals surface area contributed by atoms with Crippen LogP contribution in [0, 0.1) is 0 Å². The van der Waals surface area contributed by atoms with Crippen molar-refractivity contribution in [3.05, 3.63) is 179 Å². The molecule has 60 heavy (non-hydrogen) atoms. The summed E-state index contributed by atoms with van der Waals surface area (Å²) >= 11 is 0. The first-order valence-corrected chi connectivity index (χ1v) is 21.2. The molecule has 0 atom stereocenters. The molecule has 1 aliphatic carbocycles. The first-order valence-electron chi connectivity index (χ1n) is 21.2. The van der Waals surface area contributed by atoms with Crippen LogP contribution in [0.4, 0.5) is 0 Å². The number of benzene rings is 6. The first-order chi connectivity index (χ1) is 28.4. The van der Waals surface area contributed by atoms with E-state index in [1.54, 1.807) is 0 Å². The summed E-state index contributed by atoms with van der Waals surface area (Å²) in [5, 5.41) is 12.2. The zero-order valence-corrected chi connectivity index (χ0v) is 36.6. The number of phenolic OH excluding ortho intramolecular Hbond substituents is 1. The fourth-order valence-corrected chi connectivity index (χ4v) is 9.23. The summed E-state index contributed by atoms with van der Waals surface area (Å²) in [6.45, 7) is 22.4. The van der Waals surface area contributed by atoms with Crippen LogP contribution in [0.2, 0.25) is 0 Å². The number of aromatic nitrogens is 3. The smallest absolute Gasteiger partial charge is 0.149 e. The van der Waals surface area contributed by atoms with Crippen LogP contribution in [0.25, 0.3) is 61.6 Å². The molecule has 0 radical (unpaired) electrons. The van der Waals surface area contributed by atoms with E-state index in [0.29, 0.717) is 5.82 Å². The van der Waals surface area contributed by atoms with Gasteiger partial charge in [0.15, 0.2) is 0 Å². The molecule has 0 bridgehead atoms. The fraction of sp³-hybridized carbons (Fsp3) is 0.250. The van der Waals surface area contributed by atoms with Crippen LogP contribution in [-0.2, 0) is 21.7 Å². The van der Waals surface area contributed by atoms with Gasteiger partial charge in [-0.05, 0) is 92.2 Å². The molecule has 9 rings (SSSR count). The molecule has 2 aromatic heterocycles. The third-order valence-corrected chi connectivity index (χ3v) is 12.9. The third-order valence-electron chi connectivity index (χ3n) is 12.9. The van der Waals surface area contributed by atoms with Gasteiger partial charge in [0, 0.05) is 45.0 Å². The molecule has 300 valence electrons. The number of hydrogen-bond donors (Lipinski definition) is 1. The molecule has 2 heterocycles. The molecular weight excluding hydrogens is 731 g/mol. The Balaban J connectivity index is 1.31. The lowest BCUT2D eigenvalue weighted by atomic mass is 9.76. The standard InChI is InChI=1S/C56H55N3O/c1-53(2,3)38-31-43(51(60)47(32-38)54(4,5)6)52-58-50-41(25-19-27-49(50)59(52)40-22-15-12-16-23-40)35-28-36(30-39(29-35)55(7,8)37-20-13-11-14-21-37)48-33-46-44(34-57-48)42-24-17-18-26-45(42)56(46,9)10/h11-34,60H,1-10H3. The SMILES string of the molecule is CC(C)(C)c1cc(-c2nc3c(-c4cc(-c5cc6c(cn5)-c5ccccc5C6(C)C)cc(C(C)(C)c5ccccc5)c4)cccc3n2-c2ccccc2)c(O)c(C(C)(C)C)c1. The Kier molecular flexibility index (Phi) is 9.09. The van der Waals surface area contributed by atoms with Crippen LogP contribution in [0.3, 0.4) is 0 Å². The minimum Gasteiger partial charge on any atom is -0.507 e. The highest BCUT2D eigenvalue weighted by atomic mass is 16.3. The van der Waals surface area contributed by atoms with Gasteiger partial charge in [-0.2, -0.15) is 0 Å². The molecule has 0 saturated carbocycles. The third kappa shape index (κ3) is 6.45. The van der Waals surface area contributed by atoms with Gasteiger partial charge in [-0.15, -0.1) is 0 Å². The van der Waals surface area contributed by atoms with E-state index in [4.69, 9.17) is 9.97 Å². The second kappa shape index (κ2) is 13.9. The Hall–Kier alpha value is -6.26. The number of nitrogens with zero attached hydrogens (tertiary/aromatic N) is 3. The maximum atomic E-state index is 12.2. The number of fused-ring (bicyclic) bond motifs is 4. The second-order valence-electron chi connectivity index (χ2n) is 19.8. The second-order valence-corrected chi connectivity index (χ2v) is 19.8. The predicted octanol–water partition coefficient (Wildman–Crippen LogP) is 14.4. The average Bonchev–Trinajstić information content (AvgIpc) is 3.73. The summed E-state index contributed by atoms with van der Waals surface area (Å²) in [6, 6.07) is 50.0. The van der Waals surface area contributed by atoms with E-state index in [9.17, 15) is 5.11 Å². The molecule has 6 aromatic carbocycles. The number of imidazole rings is 1. The van der Waals surface area contributed by atoms with Crippen molar-refractivity contribution in [1.82, 2.24) is 14.5 Å². The van der Waals surface area contributed by atoms with Gasteiger partial charge in [0.25, 0.3) is 0 Å². The molecule has 0 spiro atoms. The van der Waals surface area contributed by atoms with E-state index in [0.717, 1.165) is 55.8 Å². The van der Waals surface area contributed by atoms with Crippen LogP contribution in [0.15, 0.2) is 146 Å². The largest absolute Gasteiger partial charge is 0.507 e. The Morgan fingerprint density at radius 3 is 1.88 bits per heavy atom. The number of rotatable bonds is 6. The summed E-state index contributed by atoms with van der Waals surface area (Å²) in [4.78, 5) is 10.8. The molecule has 4 nitrogen and oxygen atoms in total. The van der Waals surface area contributed by atoms with Gasteiger partial charge >= 0.3 is 0 Å². The summed E-state index contributed by atoms with van der Waals surface area (Å²) in [6.07, 6.45) is 2.07. The van der Waals surface area contributed by atoms with Gasteiger partial charge in [0.1, 0.15) is 11.6 Å². The van der Waals surface area contributed by atoms with Crippen molar-refractivity contribution >= 4 is 11.0 Å². The normalized spacial score (nSPS) is 13.7. The zero-order chi connectivity index (χ0) is 42.4. The first kappa shape index (κ1) is 39.2. The number of aromatic hydroxyl groups is 1. The van der Waals surface area contributed by atoms with Gasteiger partial charge in [-0.3, -0.25) is 9.55 Å². The van der Waals surface area contributed by atoms with E-state index in [2.05, 4.69) is 213 Å². The minimum atomic E-state index is -0.316. The Labute approximate surface area is 355 Å². The van der Waals surface area contributed by atoms with Crippen molar-refractivity contribution in [3.63, 3.8) is 0 Å². The molecule has 1 N–H and O–H groups in total. The highest BCUT2D eigenvalue weighted by molar-refractivity contribution is 5.97. The van der Waals surface area contributed by atoms with Crippen molar-refractivity contribution < 1.29 is 5.11 Å². The summed E-state index contributed by atoms with van der Waals surface area (Å²) in [5.41, 5.74) is 16.3. The van der Waals surface area contributed by atoms with Crippen molar-refractivity contribution in [3.8, 4) is 56.3 Å². The fourth-order valence-electron chi connectivity index (χ4n) is 9.23. The van der Waals surface area contributed by atoms with Crippen LogP contribution in [0.1, 0.15) is 103 Å². The molecule has 0 saturated heterocycles.